The van der Waals surface area contributed by atoms with Gasteiger partial charge in [-0.05, 0) is 53.1 Å². The van der Waals surface area contributed by atoms with Gasteiger partial charge in [0.25, 0.3) is 0 Å². The van der Waals surface area contributed by atoms with Crippen molar-refractivity contribution < 1.29 is 4.74 Å². The third-order valence-electron chi connectivity index (χ3n) is 4.74. The first-order valence-electron chi connectivity index (χ1n) is 9.46. The van der Waals surface area contributed by atoms with Crippen molar-refractivity contribution in [1.29, 1.82) is 0 Å². The largest absolute Gasteiger partial charge is 0.457 e. The molecule has 0 spiro atoms. The molecule has 0 saturated heterocycles. The molecule has 0 unspecified atom stereocenters. The maximum atomic E-state index is 5.86. The van der Waals surface area contributed by atoms with Crippen LogP contribution in [0.5, 0.6) is 11.5 Å². The van der Waals surface area contributed by atoms with E-state index >= 15 is 0 Å². The minimum atomic E-state index is 0.844. The van der Waals surface area contributed by atoms with Crippen LogP contribution in [0.1, 0.15) is 5.56 Å². The number of benzene rings is 4. The lowest BCUT2D eigenvalue weighted by Crippen LogP contribution is -2.16. The van der Waals surface area contributed by atoms with Crippen molar-refractivity contribution in [1.82, 2.24) is 0 Å². The van der Waals surface area contributed by atoms with Gasteiger partial charge in [-0.2, -0.15) is 0 Å². The molecule has 0 aromatic heterocycles. The summed E-state index contributed by atoms with van der Waals surface area (Å²) in [6.45, 7) is 0.844. The van der Waals surface area contributed by atoms with Crippen LogP contribution in [0.15, 0.2) is 109 Å². The molecule has 28 heavy (non-hydrogen) atoms. The lowest BCUT2D eigenvalue weighted by atomic mass is 10.1. The molecule has 0 aliphatic carbocycles. The summed E-state index contributed by atoms with van der Waals surface area (Å²) in [5.41, 5.74) is 4.92. The van der Waals surface area contributed by atoms with E-state index in [9.17, 15) is 0 Å². The summed E-state index contributed by atoms with van der Waals surface area (Å²) in [6, 6.07) is 37.3. The van der Waals surface area contributed by atoms with Crippen molar-refractivity contribution in [3.05, 3.63) is 115 Å². The molecule has 0 heterocycles. The summed E-state index contributed by atoms with van der Waals surface area (Å²) in [5, 5.41) is 0. The van der Waals surface area contributed by atoms with Gasteiger partial charge in [-0.15, -0.1) is 0 Å². The van der Waals surface area contributed by atoms with Gasteiger partial charge in [0.2, 0.25) is 0 Å². The molecule has 0 aliphatic rings. The second kappa shape index (κ2) is 8.45. The molecule has 0 atom stereocenters. The smallest absolute Gasteiger partial charge is 0.127 e. The first-order chi connectivity index (χ1) is 13.8. The van der Waals surface area contributed by atoms with Gasteiger partial charge < -0.3 is 9.64 Å². The Morgan fingerprint density at radius 2 is 1.11 bits per heavy atom. The number of nitrogens with zero attached hydrogens (tertiary/aromatic N) is 1. The van der Waals surface area contributed by atoms with Gasteiger partial charge in [-0.3, -0.25) is 0 Å². The van der Waals surface area contributed by atoms with Crippen LogP contribution < -0.4 is 9.64 Å². The van der Waals surface area contributed by atoms with Gasteiger partial charge in [-0.25, -0.2) is 0 Å². The van der Waals surface area contributed by atoms with E-state index in [0.29, 0.717) is 0 Å². The number of rotatable bonds is 6. The van der Waals surface area contributed by atoms with E-state index in [2.05, 4.69) is 72.6 Å². The number of hydrogen-bond donors (Lipinski definition) is 0. The van der Waals surface area contributed by atoms with Gasteiger partial charge in [0.15, 0.2) is 0 Å². The van der Waals surface area contributed by atoms with E-state index in [0.717, 1.165) is 18.0 Å². The predicted octanol–water partition coefficient (Wildman–Crippen LogP) is 6.78. The molecule has 138 valence electrons. The minimum Gasteiger partial charge on any atom is -0.457 e. The van der Waals surface area contributed by atoms with Gasteiger partial charge in [0.1, 0.15) is 11.5 Å². The number of para-hydroxylation sites is 1. The van der Waals surface area contributed by atoms with Crippen LogP contribution >= 0.6 is 0 Å². The molecule has 2 heteroatoms. The lowest BCUT2D eigenvalue weighted by Gasteiger charge is -2.20. The summed E-state index contributed by atoms with van der Waals surface area (Å²) in [6.07, 6.45) is 0. The van der Waals surface area contributed by atoms with Gasteiger partial charge in [0, 0.05) is 19.3 Å². The SMILES string of the molecule is CN(Cc1ccc(Oc2ccccc2)cc1)c1ccc(-c2ccccc2)cc1. The van der Waals surface area contributed by atoms with Crippen LogP contribution in [0.25, 0.3) is 11.1 Å². The quantitative estimate of drug-likeness (QED) is 0.373. The fraction of sp³-hybridized carbons (Fsp3) is 0.0769. The molecule has 0 amide bonds. The van der Waals surface area contributed by atoms with Crippen molar-refractivity contribution in [2.24, 2.45) is 0 Å². The van der Waals surface area contributed by atoms with E-state index in [4.69, 9.17) is 4.74 Å². The van der Waals surface area contributed by atoms with E-state index in [1.54, 1.807) is 0 Å². The Morgan fingerprint density at radius 3 is 1.75 bits per heavy atom. The fourth-order valence-corrected chi connectivity index (χ4v) is 3.19. The van der Waals surface area contributed by atoms with Crippen molar-refractivity contribution in [2.45, 2.75) is 6.54 Å². The van der Waals surface area contributed by atoms with E-state index < -0.39 is 0 Å². The zero-order chi connectivity index (χ0) is 19.2. The fourth-order valence-electron chi connectivity index (χ4n) is 3.19. The highest BCUT2D eigenvalue weighted by molar-refractivity contribution is 5.66. The van der Waals surface area contributed by atoms with Crippen molar-refractivity contribution in [2.75, 3.05) is 11.9 Å². The molecule has 0 saturated carbocycles. The second-order valence-electron chi connectivity index (χ2n) is 6.83. The maximum Gasteiger partial charge on any atom is 0.127 e. The second-order valence-corrected chi connectivity index (χ2v) is 6.83. The third kappa shape index (κ3) is 4.41. The summed E-state index contributed by atoms with van der Waals surface area (Å²) in [4.78, 5) is 2.25. The summed E-state index contributed by atoms with van der Waals surface area (Å²) in [5.74, 6) is 1.70. The Labute approximate surface area is 166 Å². The summed E-state index contributed by atoms with van der Waals surface area (Å²) in [7, 11) is 2.12. The Hall–Kier alpha value is -3.52. The first kappa shape index (κ1) is 17.9. The Bertz CT molecular complexity index is 994. The van der Waals surface area contributed by atoms with Crippen molar-refractivity contribution >= 4 is 5.69 Å². The summed E-state index contributed by atoms with van der Waals surface area (Å²) >= 11 is 0. The molecule has 4 aromatic carbocycles. The van der Waals surface area contributed by atoms with Crippen LogP contribution in [-0.2, 0) is 6.54 Å². The molecule has 2 nitrogen and oxygen atoms in total. The van der Waals surface area contributed by atoms with Gasteiger partial charge >= 0.3 is 0 Å². The van der Waals surface area contributed by atoms with Crippen LogP contribution in [0.2, 0.25) is 0 Å². The predicted molar refractivity (Wildman–Crippen MR) is 117 cm³/mol. The third-order valence-corrected chi connectivity index (χ3v) is 4.74. The van der Waals surface area contributed by atoms with E-state index in [1.165, 1.54) is 22.4 Å². The normalized spacial score (nSPS) is 10.5. The highest BCUT2D eigenvalue weighted by Crippen LogP contribution is 2.25. The van der Waals surface area contributed by atoms with Crippen molar-refractivity contribution in [3.63, 3.8) is 0 Å². The minimum absolute atomic E-state index is 0.844. The molecule has 4 rings (SSSR count). The number of ether oxygens (including phenoxy) is 1. The van der Waals surface area contributed by atoms with Crippen molar-refractivity contribution in [3.8, 4) is 22.6 Å². The average molecular weight is 365 g/mol. The van der Waals surface area contributed by atoms with Gasteiger partial charge in [0.05, 0.1) is 0 Å². The Kier molecular flexibility index (Phi) is 5.39. The highest BCUT2D eigenvalue weighted by Gasteiger charge is 2.04. The molecule has 0 N–H and O–H groups in total. The molecule has 0 fully saturated rings. The average Bonchev–Trinajstić information content (AvgIpc) is 2.76. The molecular formula is C26H23NO. The number of anilines is 1. The van der Waals surface area contributed by atoms with Crippen LogP contribution in [0.3, 0.4) is 0 Å². The van der Waals surface area contributed by atoms with Crippen LogP contribution in [0, 0.1) is 0 Å². The summed E-state index contributed by atoms with van der Waals surface area (Å²) < 4.78 is 5.86. The Morgan fingerprint density at radius 1 is 0.571 bits per heavy atom. The lowest BCUT2D eigenvalue weighted by molar-refractivity contribution is 0.482. The molecule has 0 aliphatic heterocycles. The monoisotopic (exact) mass is 365 g/mol. The number of hydrogen-bond acceptors (Lipinski definition) is 2. The molecule has 4 aromatic rings. The zero-order valence-corrected chi connectivity index (χ0v) is 16.0. The molecular weight excluding hydrogens is 342 g/mol. The van der Waals surface area contributed by atoms with E-state index in [-0.39, 0.29) is 0 Å². The van der Waals surface area contributed by atoms with Crippen LogP contribution in [0.4, 0.5) is 5.69 Å². The molecule has 0 radical (unpaired) electrons. The maximum absolute atomic E-state index is 5.86. The molecule has 0 bridgehead atoms. The first-order valence-corrected chi connectivity index (χ1v) is 9.46. The zero-order valence-electron chi connectivity index (χ0n) is 16.0. The highest BCUT2D eigenvalue weighted by atomic mass is 16.5. The standard InChI is InChI=1S/C26H23NO/c1-27(24-16-14-23(15-17-24)22-8-4-2-5-9-22)20-21-12-18-26(19-13-21)28-25-10-6-3-7-11-25/h2-19H,20H2,1H3. The van der Waals surface area contributed by atoms with Gasteiger partial charge in [-0.1, -0.05) is 72.8 Å². The van der Waals surface area contributed by atoms with Crippen LogP contribution in [-0.4, -0.2) is 7.05 Å². The van der Waals surface area contributed by atoms with E-state index in [1.807, 2.05) is 48.5 Å². The Balaban J connectivity index is 1.40. The topological polar surface area (TPSA) is 12.5 Å².